The fourth-order valence-electron chi connectivity index (χ4n) is 1.49. The third-order valence-corrected chi connectivity index (χ3v) is 2.25. The second kappa shape index (κ2) is 3.96. The number of hydrogen-bond donors (Lipinski definition) is 1. The molecule has 0 unspecified atom stereocenters. The molecule has 0 saturated carbocycles. The molecule has 4 heteroatoms. The quantitative estimate of drug-likeness (QED) is 0.697. The lowest BCUT2D eigenvalue weighted by Crippen LogP contribution is -2.31. The van der Waals surface area contributed by atoms with Gasteiger partial charge < -0.3 is 14.7 Å². The molecule has 4 nitrogen and oxygen atoms in total. The molecular formula is C9H17NO3. The van der Waals surface area contributed by atoms with Gasteiger partial charge in [0.25, 0.3) is 0 Å². The average Bonchev–Trinajstić information content (AvgIpc) is 2.42. The maximum atomic E-state index is 11.3. The van der Waals surface area contributed by atoms with Crippen LogP contribution in [0.15, 0.2) is 0 Å². The minimum absolute atomic E-state index is 0.0930. The Labute approximate surface area is 78.5 Å². The van der Waals surface area contributed by atoms with Crippen molar-refractivity contribution in [1.82, 2.24) is 4.90 Å². The number of hydrogen-bond acceptors (Lipinski definition) is 3. The van der Waals surface area contributed by atoms with Crippen LogP contribution < -0.4 is 0 Å². The zero-order valence-electron chi connectivity index (χ0n) is 8.25. The maximum Gasteiger partial charge on any atom is 0.409 e. The number of rotatable bonds is 2. The Morgan fingerprint density at radius 1 is 1.62 bits per heavy atom. The molecule has 0 spiro atoms. The van der Waals surface area contributed by atoms with Crippen LogP contribution in [0.3, 0.4) is 0 Å². The Kier molecular flexibility index (Phi) is 3.14. The zero-order chi connectivity index (χ0) is 9.90. The third kappa shape index (κ3) is 2.88. The highest BCUT2D eigenvalue weighted by Gasteiger charge is 2.32. The minimum Gasteiger partial charge on any atom is -0.447 e. The summed E-state index contributed by atoms with van der Waals surface area (Å²) in [7, 11) is 0. The maximum absolute atomic E-state index is 11.3. The van der Waals surface area contributed by atoms with Gasteiger partial charge in [-0.15, -0.1) is 0 Å². The first-order valence-electron chi connectivity index (χ1n) is 4.58. The molecule has 1 heterocycles. The highest BCUT2D eigenvalue weighted by atomic mass is 16.6. The van der Waals surface area contributed by atoms with Gasteiger partial charge in [0.1, 0.15) is 6.61 Å². The first-order chi connectivity index (χ1) is 6.05. The molecule has 0 bridgehead atoms. The van der Waals surface area contributed by atoms with Crippen LogP contribution in [-0.4, -0.2) is 42.4 Å². The zero-order valence-corrected chi connectivity index (χ0v) is 8.25. The second-order valence-corrected chi connectivity index (χ2v) is 4.17. The Balaban J connectivity index is 2.33. The van der Waals surface area contributed by atoms with E-state index in [2.05, 4.69) is 13.8 Å². The Hall–Kier alpha value is -0.770. The van der Waals surface area contributed by atoms with Crippen molar-refractivity contribution in [3.05, 3.63) is 0 Å². The molecule has 0 aromatic carbocycles. The highest BCUT2D eigenvalue weighted by molar-refractivity contribution is 5.68. The van der Waals surface area contributed by atoms with Crippen LogP contribution in [0.2, 0.25) is 0 Å². The van der Waals surface area contributed by atoms with E-state index in [1.807, 2.05) is 0 Å². The molecule has 1 aliphatic heterocycles. The molecule has 1 fully saturated rings. The largest absolute Gasteiger partial charge is 0.447 e. The molecule has 0 atom stereocenters. The van der Waals surface area contributed by atoms with Crippen molar-refractivity contribution in [3.8, 4) is 0 Å². The standard InChI is InChI=1S/C9H17NO3/c1-9(2)3-4-10(7-9)8(12)13-6-5-11/h11H,3-7H2,1-2H3. The summed E-state index contributed by atoms with van der Waals surface area (Å²) in [6.45, 7) is 5.76. The summed E-state index contributed by atoms with van der Waals surface area (Å²) in [6, 6.07) is 0. The van der Waals surface area contributed by atoms with Crippen LogP contribution >= 0.6 is 0 Å². The summed E-state index contributed by atoms with van der Waals surface area (Å²) in [6.07, 6.45) is 0.709. The number of carbonyl (C=O) groups is 1. The van der Waals surface area contributed by atoms with Gasteiger partial charge in [-0.25, -0.2) is 4.79 Å². The predicted octanol–water partition coefficient (Wildman–Crippen LogP) is 0.847. The van der Waals surface area contributed by atoms with Crippen LogP contribution in [-0.2, 0) is 4.74 Å². The topological polar surface area (TPSA) is 49.8 Å². The van der Waals surface area contributed by atoms with Crippen molar-refractivity contribution in [2.75, 3.05) is 26.3 Å². The predicted molar refractivity (Wildman–Crippen MR) is 48.4 cm³/mol. The summed E-state index contributed by atoms with van der Waals surface area (Å²) < 4.78 is 4.81. The molecule has 76 valence electrons. The molecule has 1 N–H and O–H groups in total. The third-order valence-electron chi connectivity index (χ3n) is 2.25. The van der Waals surface area contributed by atoms with E-state index in [0.29, 0.717) is 0 Å². The number of aliphatic hydroxyl groups is 1. The average molecular weight is 187 g/mol. The smallest absolute Gasteiger partial charge is 0.409 e. The van der Waals surface area contributed by atoms with Crippen molar-refractivity contribution in [2.24, 2.45) is 5.41 Å². The SMILES string of the molecule is CC1(C)CCN(C(=O)OCCO)C1. The van der Waals surface area contributed by atoms with Crippen molar-refractivity contribution < 1.29 is 14.6 Å². The lowest BCUT2D eigenvalue weighted by Gasteiger charge is -2.19. The van der Waals surface area contributed by atoms with Gasteiger partial charge in [0.15, 0.2) is 0 Å². The molecular weight excluding hydrogens is 170 g/mol. The van der Waals surface area contributed by atoms with Crippen molar-refractivity contribution in [1.29, 1.82) is 0 Å². The Morgan fingerprint density at radius 2 is 2.31 bits per heavy atom. The Morgan fingerprint density at radius 3 is 2.77 bits per heavy atom. The van der Waals surface area contributed by atoms with Crippen LogP contribution in [0.1, 0.15) is 20.3 Å². The number of carbonyl (C=O) groups excluding carboxylic acids is 1. The van der Waals surface area contributed by atoms with Crippen LogP contribution in [0.4, 0.5) is 4.79 Å². The van der Waals surface area contributed by atoms with Gasteiger partial charge in [0.2, 0.25) is 0 Å². The van der Waals surface area contributed by atoms with Gasteiger partial charge in [-0.05, 0) is 11.8 Å². The minimum atomic E-state index is -0.306. The normalized spacial score (nSPS) is 20.4. The first kappa shape index (κ1) is 10.3. The summed E-state index contributed by atoms with van der Waals surface area (Å²) in [5.74, 6) is 0. The van der Waals surface area contributed by atoms with Gasteiger partial charge in [-0.3, -0.25) is 0 Å². The van der Waals surface area contributed by atoms with Crippen LogP contribution in [0, 0.1) is 5.41 Å². The summed E-state index contributed by atoms with van der Waals surface area (Å²) in [4.78, 5) is 13.0. The molecule has 1 saturated heterocycles. The van der Waals surface area contributed by atoms with Gasteiger partial charge >= 0.3 is 6.09 Å². The number of likely N-dealkylation sites (tertiary alicyclic amines) is 1. The molecule has 0 aliphatic carbocycles. The van der Waals surface area contributed by atoms with E-state index in [4.69, 9.17) is 9.84 Å². The second-order valence-electron chi connectivity index (χ2n) is 4.17. The lowest BCUT2D eigenvalue weighted by atomic mass is 9.93. The lowest BCUT2D eigenvalue weighted by molar-refractivity contribution is 0.0881. The number of nitrogens with zero attached hydrogens (tertiary/aromatic N) is 1. The van der Waals surface area contributed by atoms with Gasteiger partial charge in [-0.1, -0.05) is 13.8 Å². The van der Waals surface area contributed by atoms with Crippen LogP contribution in [0.5, 0.6) is 0 Å². The molecule has 0 aromatic rings. The fourth-order valence-corrected chi connectivity index (χ4v) is 1.49. The monoisotopic (exact) mass is 187 g/mol. The molecule has 1 rings (SSSR count). The van der Waals surface area contributed by atoms with E-state index in [1.165, 1.54) is 0 Å². The molecule has 1 aliphatic rings. The molecule has 1 amide bonds. The first-order valence-corrected chi connectivity index (χ1v) is 4.58. The van der Waals surface area contributed by atoms with E-state index in [0.717, 1.165) is 19.5 Å². The molecule has 0 radical (unpaired) electrons. The number of amides is 1. The number of ether oxygens (including phenoxy) is 1. The number of aliphatic hydroxyl groups excluding tert-OH is 1. The molecule has 13 heavy (non-hydrogen) atoms. The van der Waals surface area contributed by atoms with Gasteiger partial charge in [0, 0.05) is 13.1 Å². The van der Waals surface area contributed by atoms with Gasteiger partial charge in [-0.2, -0.15) is 0 Å². The van der Waals surface area contributed by atoms with Gasteiger partial charge in [0.05, 0.1) is 6.61 Å². The summed E-state index contributed by atoms with van der Waals surface area (Å²) in [5, 5.41) is 8.46. The van der Waals surface area contributed by atoms with E-state index >= 15 is 0 Å². The summed E-state index contributed by atoms with van der Waals surface area (Å²) in [5.41, 5.74) is 0.207. The Bertz CT molecular complexity index is 191. The van der Waals surface area contributed by atoms with E-state index in [9.17, 15) is 4.79 Å². The van der Waals surface area contributed by atoms with E-state index in [-0.39, 0.29) is 24.7 Å². The van der Waals surface area contributed by atoms with Crippen molar-refractivity contribution in [2.45, 2.75) is 20.3 Å². The molecule has 0 aromatic heterocycles. The van der Waals surface area contributed by atoms with Crippen LogP contribution in [0.25, 0.3) is 0 Å². The fraction of sp³-hybridized carbons (Fsp3) is 0.889. The van der Waals surface area contributed by atoms with Crippen molar-refractivity contribution in [3.63, 3.8) is 0 Å². The highest BCUT2D eigenvalue weighted by Crippen LogP contribution is 2.28. The van der Waals surface area contributed by atoms with E-state index in [1.54, 1.807) is 4.90 Å². The van der Waals surface area contributed by atoms with Crippen molar-refractivity contribution >= 4 is 6.09 Å². The summed E-state index contributed by atoms with van der Waals surface area (Å²) >= 11 is 0. The van der Waals surface area contributed by atoms with E-state index < -0.39 is 0 Å².